The van der Waals surface area contributed by atoms with E-state index in [0.717, 1.165) is 16.5 Å². The number of carbonyl (C=O) groups is 1. The quantitative estimate of drug-likeness (QED) is 0.815. The Hall–Kier alpha value is -1.48. The van der Waals surface area contributed by atoms with Gasteiger partial charge in [-0.25, -0.2) is 4.79 Å². The molecule has 1 aromatic heterocycles. The molecule has 1 heterocycles. The number of halogens is 1. The first-order valence-corrected chi connectivity index (χ1v) is 5.46. The van der Waals surface area contributed by atoms with E-state index in [1.165, 1.54) is 0 Å². The molecule has 2 aromatic rings. The van der Waals surface area contributed by atoms with Gasteiger partial charge in [-0.1, -0.05) is 11.6 Å². The molecule has 0 saturated heterocycles. The summed E-state index contributed by atoms with van der Waals surface area (Å²) in [6.07, 6.45) is 0. The summed E-state index contributed by atoms with van der Waals surface area (Å²) in [5, 5.41) is 1.61. The van der Waals surface area contributed by atoms with Crippen LogP contribution in [-0.4, -0.2) is 17.6 Å². The van der Waals surface area contributed by atoms with Crippen LogP contribution in [0.5, 0.6) is 0 Å². The molecule has 0 atom stereocenters. The van der Waals surface area contributed by atoms with E-state index in [1.807, 2.05) is 19.1 Å². The Labute approximate surface area is 98.4 Å². The zero-order chi connectivity index (χ0) is 11.7. The number of fused-ring (bicyclic) bond motifs is 1. The zero-order valence-corrected chi connectivity index (χ0v) is 9.89. The first-order valence-electron chi connectivity index (χ1n) is 5.08. The molecule has 0 saturated carbocycles. The molecule has 3 nitrogen and oxygen atoms in total. The largest absolute Gasteiger partial charge is 0.461 e. The molecule has 0 spiro atoms. The summed E-state index contributed by atoms with van der Waals surface area (Å²) in [5.41, 5.74) is 2.26. The molecule has 0 aliphatic carbocycles. The predicted octanol–water partition coefficient (Wildman–Crippen LogP) is 3.31. The molecule has 4 heteroatoms. The number of nitrogens with one attached hydrogen (secondary N) is 1. The zero-order valence-electron chi connectivity index (χ0n) is 9.13. The Morgan fingerprint density at radius 1 is 1.50 bits per heavy atom. The van der Waals surface area contributed by atoms with Gasteiger partial charge < -0.3 is 9.72 Å². The van der Waals surface area contributed by atoms with Crippen LogP contribution in [0.4, 0.5) is 0 Å². The smallest absolute Gasteiger partial charge is 0.355 e. The molecule has 0 bridgehead atoms. The van der Waals surface area contributed by atoms with E-state index in [0.29, 0.717) is 17.3 Å². The van der Waals surface area contributed by atoms with Crippen molar-refractivity contribution >= 4 is 28.5 Å². The van der Waals surface area contributed by atoms with Crippen LogP contribution in [0, 0.1) is 6.92 Å². The summed E-state index contributed by atoms with van der Waals surface area (Å²) in [6, 6.07) is 5.48. The van der Waals surface area contributed by atoms with Crippen LogP contribution in [0.2, 0.25) is 5.02 Å². The van der Waals surface area contributed by atoms with E-state index < -0.39 is 0 Å². The number of rotatable bonds is 2. The molecule has 0 aliphatic heterocycles. The number of H-pyrrole nitrogens is 1. The van der Waals surface area contributed by atoms with Crippen LogP contribution in [-0.2, 0) is 4.74 Å². The topological polar surface area (TPSA) is 42.1 Å². The van der Waals surface area contributed by atoms with Crippen LogP contribution in [0.25, 0.3) is 10.9 Å². The summed E-state index contributed by atoms with van der Waals surface area (Å²) in [6.45, 7) is 4.03. The van der Waals surface area contributed by atoms with Gasteiger partial charge in [0, 0.05) is 15.9 Å². The minimum absolute atomic E-state index is 0.327. The van der Waals surface area contributed by atoms with Crippen molar-refractivity contribution in [3.05, 3.63) is 34.5 Å². The highest BCUT2D eigenvalue weighted by Crippen LogP contribution is 2.25. The molecule has 84 valence electrons. The number of hydrogen-bond acceptors (Lipinski definition) is 2. The van der Waals surface area contributed by atoms with Crippen LogP contribution in [0.15, 0.2) is 18.2 Å². The first kappa shape index (κ1) is 11.0. The third-order valence-electron chi connectivity index (χ3n) is 2.50. The number of esters is 1. The lowest BCUT2D eigenvalue weighted by molar-refractivity contribution is 0.0520. The van der Waals surface area contributed by atoms with Gasteiger partial charge in [-0.15, -0.1) is 0 Å². The minimum Gasteiger partial charge on any atom is -0.461 e. The highest BCUT2D eigenvalue weighted by atomic mass is 35.5. The van der Waals surface area contributed by atoms with Crippen molar-refractivity contribution in [3.63, 3.8) is 0 Å². The Balaban J connectivity index is 2.56. The standard InChI is InChI=1S/C12H12ClNO2/c1-3-16-12(15)11-7(2)9-6-8(13)4-5-10(9)14-11/h4-6,14H,3H2,1-2H3. The van der Waals surface area contributed by atoms with Gasteiger partial charge >= 0.3 is 5.97 Å². The third kappa shape index (κ3) is 1.78. The van der Waals surface area contributed by atoms with Gasteiger partial charge in [0.25, 0.3) is 0 Å². The number of benzene rings is 1. The number of hydrogen-bond donors (Lipinski definition) is 1. The maximum atomic E-state index is 11.6. The van der Waals surface area contributed by atoms with Gasteiger partial charge in [-0.3, -0.25) is 0 Å². The Kier molecular flexibility index (Phi) is 2.88. The molecule has 0 aliphatic rings. The van der Waals surface area contributed by atoms with Gasteiger partial charge in [-0.05, 0) is 37.6 Å². The Bertz CT molecular complexity index is 545. The van der Waals surface area contributed by atoms with Crippen LogP contribution in [0.3, 0.4) is 0 Å². The lowest BCUT2D eigenvalue weighted by atomic mass is 10.1. The molecule has 0 unspecified atom stereocenters. The molecular weight excluding hydrogens is 226 g/mol. The van der Waals surface area contributed by atoms with Gasteiger partial charge in [-0.2, -0.15) is 0 Å². The van der Waals surface area contributed by atoms with E-state index in [4.69, 9.17) is 16.3 Å². The lowest BCUT2D eigenvalue weighted by Gasteiger charge is -1.99. The summed E-state index contributed by atoms with van der Waals surface area (Å²) >= 11 is 5.91. The predicted molar refractivity (Wildman–Crippen MR) is 64.0 cm³/mol. The fraction of sp³-hybridized carbons (Fsp3) is 0.250. The van der Waals surface area contributed by atoms with Crippen LogP contribution >= 0.6 is 11.6 Å². The fourth-order valence-corrected chi connectivity index (χ4v) is 1.88. The first-order chi connectivity index (χ1) is 7.63. The average Bonchev–Trinajstić information content (AvgIpc) is 2.57. The Morgan fingerprint density at radius 3 is 2.94 bits per heavy atom. The highest BCUT2D eigenvalue weighted by Gasteiger charge is 2.15. The average molecular weight is 238 g/mol. The van der Waals surface area contributed by atoms with Crippen molar-refractivity contribution in [2.45, 2.75) is 13.8 Å². The van der Waals surface area contributed by atoms with Crippen molar-refractivity contribution in [1.82, 2.24) is 4.98 Å². The normalized spacial score (nSPS) is 10.7. The maximum absolute atomic E-state index is 11.6. The molecule has 2 rings (SSSR count). The van der Waals surface area contributed by atoms with Gasteiger partial charge in [0.1, 0.15) is 5.69 Å². The van der Waals surface area contributed by atoms with E-state index in [1.54, 1.807) is 13.0 Å². The third-order valence-corrected chi connectivity index (χ3v) is 2.73. The van der Waals surface area contributed by atoms with Crippen molar-refractivity contribution < 1.29 is 9.53 Å². The van der Waals surface area contributed by atoms with E-state index in [2.05, 4.69) is 4.98 Å². The molecule has 16 heavy (non-hydrogen) atoms. The second kappa shape index (κ2) is 4.18. The second-order valence-electron chi connectivity index (χ2n) is 3.54. The number of aryl methyl sites for hydroxylation is 1. The molecule has 0 radical (unpaired) electrons. The van der Waals surface area contributed by atoms with Gasteiger partial charge in [0.15, 0.2) is 0 Å². The monoisotopic (exact) mass is 237 g/mol. The van der Waals surface area contributed by atoms with Crippen molar-refractivity contribution in [2.75, 3.05) is 6.61 Å². The fourth-order valence-electron chi connectivity index (χ4n) is 1.71. The summed E-state index contributed by atoms with van der Waals surface area (Å²) in [4.78, 5) is 14.7. The van der Waals surface area contributed by atoms with Crippen molar-refractivity contribution in [3.8, 4) is 0 Å². The number of carbonyl (C=O) groups excluding carboxylic acids is 1. The van der Waals surface area contributed by atoms with Crippen molar-refractivity contribution in [2.24, 2.45) is 0 Å². The number of aromatic nitrogens is 1. The van der Waals surface area contributed by atoms with Gasteiger partial charge in [0.2, 0.25) is 0 Å². The minimum atomic E-state index is -0.327. The number of ether oxygens (including phenoxy) is 1. The van der Waals surface area contributed by atoms with E-state index in [-0.39, 0.29) is 5.97 Å². The summed E-state index contributed by atoms with van der Waals surface area (Å²) in [7, 11) is 0. The molecule has 0 fully saturated rings. The van der Waals surface area contributed by atoms with E-state index in [9.17, 15) is 4.79 Å². The molecule has 1 N–H and O–H groups in total. The molecule has 1 aromatic carbocycles. The Morgan fingerprint density at radius 2 is 2.25 bits per heavy atom. The van der Waals surface area contributed by atoms with Crippen LogP contribution < -0.4 is 0 Å². The maximum Gasteiger partial charge on any atom is 0.355 e. The summed E-state index contributed by atoms with van der Waals surface area (Å²) in [5.74, 6) is -0.327. The van der Waals surface area contributed by atoms with E-state index >= 15 is 0 Å². The molecular formula is C12H12ClNO2. The van der Waals surface area contributed by atoms with Gasteiger partial charge in [0.05, 0.1) is 6.61 Å². The molecule has 0 amide bonds. The highest BCUT2D eigenvalue weighted by molar-refractivity contribution is 6.31. The summed E-state index contributed by atoms with van der Waals surface area (Å²) < 4.78 is 4.97. The SMILES string of the molecule is CCOC(=O)c1[nH]c2ccc(Cl)cc2c1C. The second-order valence-corrected chi connectivity index (χ2v) is 3.97. The van der Waals surface area contributed by atoms with Crippen molar-refractivity contribution in [1.29, 1.82) is 0 Å². The lowest BCUT2D eigenvalue weighted by Crippen LogP contribution is -2.06. The van der Waals surface area contributed by atoms with Crippen LogP contribution in [0.1, 0.15) is 23.0 Å². The number of aromatic amines is 1.